The maximum absolute atomic E-state index is 12.8. The zero-order valence-electron chi connectivity index (χ0n) is 14.3. The number of rotatable bonds is 5. The maximum atomic E-state index is 12.8. The number of anilines is 1. The van der Waals surface area contributed by atoms with Crippen molar-refractivity contribution in [1.29, 1.82) is 0 Å². The van der Waals surface area contributed by atoms with Crippen LogP contribution in [-0.2, 0) is 14.8 Å². The zero-order chi connectivity index (χ0) is 18.7. The Labute approximate surface area is 156 Å². The molecule has 6 nitrogen and oxygen atoms in total. The van der Waals surface area contributed by atoms with Crippen LogP contribution in [0.1, 0.15) is 29.4 Å². The van der Waals surface area contributed by atoms with Crippen LogP contribution in [0.4, 0.5) is 5.69 Å². The van der Waals surface area contributed by atoms with Crippen LogP contribution >= 0.6 is 11.3 Å². The molecule has 0 atom stereocenters. The molecule has 1 amide bonds. The van der Waals surface area contributed by atoms with Gasteiger partial charge in [-0.15, -0.1) is 11.3 Å². The first kappa shape index (κ1) is 18.8. The van der Waals surface area contributed by atoms with Gasteiger partial charge in [-0.3, -0.25) is 9.59 Å². The van der Waals surface area contributed by atoms with Crippen LogP contribution in [-0.4, -0.2) is 37.5 Å². The first-order chi connectivity index (χ1) is 12.4. The van der Waals surface area contributed by atoms with E-state index in [0.29, 0.717) is 31.6 Å². The Morgan fingerprint density at radius 1 is 1.12 bits per heavy atom. The van der Waals surface area contributed by atoms with Crippen molar-refractivity contribution in [2.45, 2.75) is 24.7 Å². The number of benzene rings is 1. The average Bonchev–Trinajstić information content (AvgIpc) is 3.16. The molecule has 1 saturated heterocycles. The molecule has 138 valence electrons. The second-order valence-electron chi connectivity index (χ2n) is 6.23. The third-order valence-electron chi connectivity index (χ3n) is 4.40. The first-order valence-electron chi connectivity index (χ1n) is 8.33. The molecule has 1 aliphatic heterocycles. The Hall–Kier alpha value is -2.03. The first-order valence-corrected chi connectivity index (χ1v) is 10.7. The number of nitrogens with one attached hydrogen (secondary N) is 1. The zero-order valence-corrected chi connectivity index (χ0v) is 16.0. The van der Waals surface area contributed by atoms with Crippen LogP contribution in [0, 0.1) is 5.92 Å². The molecule has 2 heterocycles. The summed E-state index contributed by atoms with van der Waals surface area (Å²) in [6.07, 6.45) is 1.06. The highest BCUT2D eigenvalue weighted by Gasteiger charge is 2.32. The molecule has 0 saturated carbocycles. The normalized spacial score (nSPS) is 16.3. The molecular weight excluding hydrogens is 372 g/mol. The number of thiophene rings is 1. The molecule has 3 rings (SSSR count). The monoisotopic (exact) mass is 392 g/mol. The number of piperidine rings is 1. The predicted molar refractivity (Wildman–Crippen MR) is 101 cm³/mol. The minimum Gasteiger partial charge on any atom is -0.326 e. The molecule has 2 aromatic rings. The van der Waals surface area contributed by atoms with E-state index < -0.39 is 10.0 Å². The van der Waals surface area contributed by atoms with Crippen molar-refractivity contribution in [3.63, 3.8) is 0 Å². The van der Waals surface area contributed by atoms with Crippen molar-refractivity contribution >= 4 is 38.7 Å². The van der Waals surface area contributed by atoms with Crippen molar-refractivity contribution < 1.29 is 18.0 Å². The molecule has 8 heteroatoms. The van der Waals surface area contributed by atoms with E-state index in [2.05, 4.69) is 5.32 Å². The van der Waals surface area contributed by atoms with Crippen LogP contribution in [0.2, 0.25) is 0 Å². The SMILES string of the molecule is CC(=O)Nc1ccc(S(=O)(=O)N2CCC(C(=O)c3cccs3)CC2)cc1. The van der Waals surface area contributed by atoms with E-state index in [0.717, 1.165) is 4.88 Å². The smallest absolute Gasteiger partial charge is 0.243 e. The number of ketones is 1. The molecule has 1 aliphatic rings. The molecule has 1 N–H and O–H groups in total. The van der Waals surface area contributed by atoms with Crippen molar-refractivity contribution in [1.82, 2.24) is 4.31 Å². The lowest BCUT2D eigenvalue weighted by atomic mass is 9.93. The second kappa shape index (κ2) is 7.69. The molecular formula is C18H20N2O4S2. The fraction of sp³-hybridized carbons (Fsp3) is 0.333. The van der Waals surface area contributed by atoms with Crippen LogP contribution in [0.3, 0.4) is 0 Å². The van der Waals surface area contributed by atoms with E-state index in [1.54, 1.807) is 12.1 Å². The van der Waals surface area contributed by atoms with Gasteiger partial charge in [-0.25, -0.2) is 8.42 Å². The Bertz CT molecular complexity index is 882. The number of sulfonamides is 1. The van der Waals surface area contributed by atoms with Crippen molar-refractivity contribution in [2.75, 3.05) is 18.4 Å². The van der Waals surface area contributed by atoms with Gasteiger partial charge in [-0.2, -0.15) is 4.31 Å². The highest BCUT2D eigenvalue weighted by atomic mass is 32.2. The molecule has 1 aromatic heterocycles. The van der Waals surface area contributed by atoms with Crippen LogP contribution in [0.25, 0.3) is 0 Å². The Morgan fingerprint density at radius 3 is 2.31 bits per heavy atom. The third kappa shape index (κ3) is 4.03. The van der Waals surface area contributed by atoms with Gasteiger partial charge in [0.1, 0.15) is 0 Å². The lowest BCUT2D eigenvalue weighted by Gasteiger charge is -2.30. The summed E-state index contributed by atoms with van der Waals surface area (Å²) >= 11 is 1.42. The molecule has 0 aliphatic carbocycles. The van der Waals surface area contributed by atoms with E-state index in [4.69, 9.17) is 0 Å². The lowest BCUT2D eigenvalue weighted by molar-refractivity contribution is -0.114. The van der Waals surface area contributed by atoms with E-state index in [-0.39, 0.29) is 22.5 Å². The summed E-state index contributed by atoms with van der Waals surface area (Å²) in [5.41, 5.74) is 0.553. The summed E-state index contributed by atoms with van der Waals surface area (Å²) in [5, 5.41) is 4.48. The summed E-state index contributed by atoms with van der Waals surface area (Å²) in [6.45, 7) is 2.06. The third-order valence-corrected chi connectivity index (χ3v) is 7.20. The number of nitrogens with zero attached hydrogens (tertiary/aromatic N) is 1. The molecule has 26 heavy (non-hydrogen) atoms. The quantitative estimate of drug-likeness (QED) is 0.793. The van der Waals surface area contributed by atoms with Gasteiger partial charge >= 0.3 is 0 Å². The van der Waals surface area contributed by atoms with Gasteiger partial charge in [0.2, 0.25) is 15.9 Å². The number of carbonyl (C=O) groups excluding carboxylic acids is 2. The van der Waals surface area contributed by atoms with Crippen LogP contribution in [0.15, 0.2) is 46.7 Å². The molecule has 0 unspecified atom stereocenters. The van der Waals surface area contributed by atoms with Gasteiger partial charge < -0.3 is 5.32 Å². The van der Waals surface area contributed by atoms with Gasteiger partial charge in [-0.05, 0) is 48.6 Å². The Balaban J connectivity index is 1.66. The van der Waals surface area contributed by atoms with Crippen LogP contribution in [0.5, 0.6) is 0 Å². The van der Waals surface area contributed by atoms with E-state index in [9.17, 15) is 18.0 Å². The number of carbonyl (C=O) groups is 2. The van der Waals surface area contributed by atoms with Gasteiger partial charge in [0, 0.05) is 31.6 Å². The van der Waals surface area contributed by atoms with E-state index in [1.807, 2.05) is 17.5 Å². The van der Waals surface area contributed by atoms with Crippen LogP contribution < -0.4 is 5.32 Å². The van der Waals surface area contributed by atoms with Crippen molar-refractivity contribution in [3.8, 4) is 0 Å². The van der Waals surface area contributed by atoms with Crippen molar-refractivity contribution in [2.24, 2.45) is 5.92 Å². The number of amides is 1. The summed E-state index contributed by atoms with van der Waals surface area (Å²) in [4.78, 5) is 24.4. The highest BCUT2D eigenvalue weighted by Crippen LogP contribution is 2.27. The molecule has 1 fully saturated rings. The Kier molecular flexibility index (Phi) is 5.55. The second-order valence-corrected chi connectivity index (χ2v) is 9.11. The minimum atomic E-state index is -3.60. The van der Waals surface area contributed by atoms with E-state index in [1.165, 1.54) is 34.7 Å². The molecule has 0 radical (unpaired) electrons. The van der Waals surface area contributed by atoms with E-state index >= 15 is 0 Å². The predicted octanol–water partition coefficient (Wildman–Crippen LogP) is 2.99. The van der Waals surface area contributed by atoms with Crippen molar-refractivity contribution in [3.05, 3.63) is 46.7 Å². The summed E-state index contributed by atoms with van der Waals surface area (Å²) in [5.74, 6) is -0.225. The van der Waals surface area contributed by atoms with Gasteiger partial charge in [-0.1, -0.05) is 6.07 Å². The largest absolute Gasteiger partial charge is 0.326 e. The van der Waals surface area contributed by atoms with Gasteiger partial charge in [0.15, 0.2) is 5.78 Å². The standard InChI is InChI=1S/C18H20N2O4S2/c1-13(21)19-15-4-6-16(7-5-15)26(23,24)20-10-8-14(9-11-20)18(22)17-3-2-12-25-17/h2-7,12,14H,8-11H2,1H3,(H,19,21). The molecule has 0 bridgehead atoms. The highest BCUT2D eigenvalue weighted by molar-refractivity contribution is 7.89. The minimum absolute atomic E-state index is 0.108. The average molecular weight is 393 g/mol. The lowest BCUT2D eigenvalue weighted by Crippen LogP contribution is -2.40. The number of hydrogen-bond acceptors (Lipinski definition) is 5. The summed E-state index contributed by atoms with van der Waals surface area (Å²) in [7, 11) is -3.60. The summed E-state index contributed by atoms with van der Waals surface area (Å²) in [6, 6.07) is 9.78. The number of hydrogen-bond donors (Lipinski definition) is 1. The molecule has 1 aromatic carbocycles. The fourth-order valence-corrected chi connectivity index (χ4v) is 5.25. The summed E-state index contributed by atoms with van der Waals surface area (Å²) < 4.78 is 27.0. The molecule has 0 spiro atoms. The maximum Gasteiger partial charge on any atom is 0.243 e. The van der Waals surface area contributed by atoms with Gasteiger partial charge in [0.25, 0.3) is 0 Å². The fourth-order valence-electron chi connectivity index (χ4n) is 3.04. The number of Topliss-reactive ketones (excluding diaryl/α,β-unsaturated/α-hetero) is 1. The topological polar surface area (TPSA) is 83.6 Å². The Morgan fingerprint density at radius 2 is 1.77 bits per heavy atom. The van der Waals surface area contributed by atoms with Gasteiger partial charge in [0.05, 0.1) is 9.77 Å².